The van der Waals surface area contributed by atoms with Gasteiger partial charge in [0.25, 0.3) is 0 Å². The molecule has 0 N–H and O–H groups in total. The molecule has 0 heteroatoms. The van der Waals surface area contributed by atoms with E-state index in [0.717, 1.165) is 6.42 Å². The Bertz CT molecular complexity index is 668. The molecule has 0 aromatic heterocycles. The van der Waals surface area contributed by atoms with Gasteiger partial charge in [-0.1, -0.05) is 98.3 Å². The van der Waals surface area contributed by atoms with Crippen LogP contribution in [0.1, 0.15) is 37.0 Å². The highest BCUT2D eigenvalue weighted by Crippen LogP contribution is 2.25. The minimum Gasteiger partial charge on any atom is -0.0795 e. The minimum absolute atomic E-state index is 0.982. The second-order valence-corrected chi connectivity index (χ2v) is 5.15. The second kappa shape index (κ2) is 8.19. The first-order valence-corrected chi connectivity index (χ1v) is 8.03. The normalized spacial score (nSPS) is 13.4. The summed E-state index contributed by atoms with van der Waals surface area (Å²) in [5, 5.41) is 0. The molecule has 0 fully saturated rings. The first-order valence-electron chi connectivity index (χ1n) is 8.03. The van der Waals surface area contributed by atoms with Crippen LogP contribution in [-0.4, -0.2) is 0 Å². The van der Waals surface area contributed by atoms with Crippen LogP contribution in [-0.2, 0) is 0 Å². The predicted molar refractivity (Wildman–Crippen MR) is 98.7 cm³/mol. The lowest BCUT2D eigenvalue weighted by Crippen LogP contribution is -1.81. The summed E-state index contributed by atoms with van der Waals surface area (Å²) in [4.78, 5) is 0. The molecule has 3 rings (SSSR count). The zero-order valence-electron chi connectivity index (χ0n) is 13.7. The number of hydrogen-bond donors (Lipinski definition) is 0. The van der Waals surface area contributed by atoms with Crippen molar-refractivity contribution in [3.63, 3.8) is 0 Å². The lowest BCUT2D eigenvalue weighted by Gasteiger charge is -2.02. The third-order valence-electron chi connectivity index (χ3n) is 3.63. The molecule has 0 saturated carbocycles. The van der Waals surface area contributed by atoms with E-state index >= 15 is 0 Å². The number of rotatable bonds is 2. The molecule has 0 amide bonds. The van der Waals surface area contributed by atoms with Crippen LogP contribution in [0, 0.1) is 6.92 Å². The molecule has 0 heterocycles. The lowest BCUT2D eigenvalue weighted by atomic mass is 10.0. The first-order chi connectivity index (χ1) is 10.8. The van der Waals surface area contributed by atoms with Crippen LogP contribution < -0.4 is 0 Å². The molecular weight excluding hydrogens is 264 g/mol. The highest BCUT2D eigenvalue weighted by molar-refractivity contribution is 5.80. The predicted octanol–water partition coefficient (Wildman–Crippen LogP) is 6.45. The molecule has 0 unspecified atom stereocenters. The molecule has 2 aromatic carbocycles. The molecule has 0 nitrogen and oxygen atoms in total. The van der Waals surface area contributed by atoms with Crippen molar-refractivity contribution in [1.82, 2.24) is 0 Å². The van der Waals surface area contributed by atoms with Crippen LogP contribution in [0.25, 0.3) is 11.1 Å². The molecule has 2 aromatic rings. The van der Waals surface area contributed by atoms with Crippen molar-refractivity contribution < 1.29 is 0 Å². The molecular formula is C22H24. The Morgan fingerprint density at radius 1 is 0.727 bits per heavy atom. The Morgan fingerprint density at radius 2 is 1.41 bits per heavy atom. The summed E-state index contributed by atoms with van der Waals surface area (Å²) in [6, 6.07) is 19.3. The van der Waals surface area contributed by atoms with Gasteiger partial charge in [0.2, 0.25) is 0 Å². The van der Waals surface area contributed by atoms with Crippen molar-refractivity contribution in [2.24, 2.45) is 0 Å². The van der Waals surface area contributed by atoms with Crippen LogP contribution in [0.4, 0.5) is 0 Å². The van der Waals surface area contributed by atoms with E-state index in [9.17, 15) is 0 Å². The Morgan fingerprint density at radius 3 is 2.09 bits per heavy atom. The fourth-order valence-corrected chi connectivity index (χ4v) is 2.43. The minimum atomic E-state index is 0.982. The summed E-state index contributed by atoms with van der Waals surface area (Å²) >= 11 is 0. The molecule has 0 bridgehead atoms. The van der Waals surface area contributed by atoms with Crippen molar-refractivity contribution in [1.29, 1.82) is 0 Å². The number of allylic oxidation sites excluding steroid dienone is 6. The Labute approximate surface area is 134 Å². The average Bonchev–Trinajstić information content (AvgIpc) is 2.84. The fraction of sp³-hybridized carbons (Fsp3) is 0.182. The van der Waals surface area contributed by atoms with Crippen molar-refractivity contribution in [3.8, 4) is 0 Å². The average molecular weight is 288 g/mol. The van der Waals surface area contributed by atoms with E-state index in [2.05, 4.69) is 85.8 Å². The molecule has 112 valence electrons. The molecule has 0 aliphatic heterocycles. The summed E-state index contributed by atoms with van der Waals surface area (Å²) in [5.41, 5.74) is 6.52. The molecule has 0 spiro atoms. The van der Waals surface area contributed by atoms with Gasteiger partial charge in [0.05, 0.1) is 0 Å². The van der Waals surface area contributed by atoms with Gasteiger partial charge in [0.1, 0.15) is 0 Å². The number of benzene rings is 2. The van der Waals surface area contributed by atoms with Gasteiger partial charge in [-0.25, -0.2) is 0 Å². The van der Waals surface area contributed by atoms with Crippen LogP contribution in [0.2, 0.25) is 0 Å². The summed E-state index contributed by atoms with van der Waals surface area (Å²) in [7, 11) is 0. The van der Waals surface area contributed by atoms with E-state index in [1.807, 2.05) is 13.8 Å². The van der Waals surface area contributed by atoms with Gasteiger partial charge in [0, 0.05) is 0 Å². The van der Waals surface area contributed by atoms with E-state index in [4.69, 9.17) is 0 Å². The largest absolute Gasteiger partial charge is 0.0795 e. The number of aryl methyl sites for hydroxylation is 1. The quantitative estimate of drug-likeness (QED) is 0.596. The van der Waals surface area contributed by atoms with Gasteiger partial charge >= 0.3 is 0 Å². The Balaban J connectivity index is 0.000000847. The van der Waals surface area contributed by atoms with Gasteiger partial charge in [-0.15, -0.1) is 0 Å². The fourth-order valence-electron chi connectivity index (χ4n) is 2.43. The second-order valence-electron chi connectivity index (χ2n) is 5.15. The van der Waals surface area contributed by atoms with Crippen molar-refractivity contribution in [3.05, 3.63) is 95.6 Å². The zero-order valence-corrected chi connectivity index (χ0v) is 13.7. The highest BCUT2D eigenvalue weighted by atomic mass is 14.1. The third-order valence-corrected chi connectivity index (χ3v) is 3.63. The van der Waals surface area contributed by atoms with E-state index in [0.29, 0.717) is 0 Å². The summed E-state index contributed by atoms with van der Waals surface area (Å²) in [5.74, 6) is 0. The van der Waals surface area contributed by atoms with Gasteiger partial charge in [-0.2, -0.15) is 0 Å². The van der Waals surface area contributed by atoms with Crippen LogP contribution >= 0.6 is 0 Å². The molecule has 0 radical (unpaired) electrons. The first kappa shape index (κ1) is 16.0. The summed E-state index contributed by atoms with van der Waals surface area (Å²) < 4.78 is 0. The van der Waals surface area contributed by atoms with E-state index in [1.165, 1.54) is 27.8 Å². The molecule has 0 atom stereocenters. The van der Waals surface area contributed by atoms with Crippen LogP contribution in [0.3, 0.4) is 0 Å². The topological polar surface area (TPSA) is 0 Å². The molecule has 1 aliphatic carbocycles. The van der Waals surface area contributed by atoms with Crippen molar-refractivity contribution >= 4 is 11.1 Å². The molecule has 22 heavy (non-hydrogen) atoms. The maximum absolute atomic E-state index is 2.25. The maximum atomic E-state index is 2.25. The van der Waals surface area contributed by atoms with Gasteiger partial charge in [0.15, 0.2) is 0 Å². The van der Waals surface area contributed by atoms with Crippen molar-refractivity contribution in [2.45, 2.75) is 27.2 Å². The smallest absolute Gasteiger partial charge is 0.00882 e. The Hall–Kier alpha value is -2.34. The third kappa shape index (κ3) is 4.08. The standard InChI is InChI=1S/C20H18.C2H6/c1-16-10-12-20(13-11-16)19-9-5-8-18(14-15-19)17-6-3-2-4-7-17;1-2/h2-7,9-15H,8H2,1H3;1-2H3. The SMILES string of the molecule is CC.Cc1ccc(C2=CC=C(c3ccccc3)CC=C2)cc1. The highest BCUT2D eigenvalue weighted by Gasteiger charge is 2.03. The summed E-state index contributed by atoms with van der Waals surface area (Å²) in [6.07, 6.45) is 9.91. The monoisotopic (exact) mass is 288 g/mol. The maximum Gasteiger partial charge on any atom is -0.00882 e. The van der Waals surface area contributed by atoms with Gasteiger partial charge in [-0.05, 0) is 35.6 Å². The number of hydrogen-bond acceptors (Lipinski definition) is 0. The van der Waals surface area contributed by atoms with Gasteiger partial charge in [-0.3, -0.25) is 0 Å². The van der Waals surface area contributed by atoms with Crippen LogP contribution in [0.15, 0.2) is 78.9 Å². The molecule has 1 aliphatic rings. The zero-order chi connectivity index (χ0) is 15.8. The Kier molecular flexibility index (Phi) is 5.97. The van der Waals surface area contributed by atoms with E-state index in [1.54, 1.807) is 0 Å². The van der Waals surface area contributed by atoms with Crippen molar-refractivity contribution in [2.75, 3.05) is 0 Å². The molecule has 0 saturated heterocycles. The van der Waals surface area contributed by atoms with E-state index < -0.39 is 0 Å². The van der Waals surface area contributed by atoms with E-state index in [-0.39, 0.29) is 0 Å². The van der Waals surface area contributed by atoms with Crippen LogP contribution in [0.5, 0.6) is 0 Å². The summed E-state index contributed by atoms with van der Waals surface area (Å²) in [6.45, 7) is 6.12. The lowest BCUT2D eigenvalue weighted by molar-refractivity contribution is 1.40. The van der Waals surface area contributed by atoms with Gasteiger partial charge < -0.3 is 0 Å².